The first-order chi connectivity index (χ1) is 14.3. The smallest absolute Gasteiger partial charge is 0.232 e. The predicted molar refractivity (Wildman–Crippen MR) is 112 cm³/mol. The van der Waals surface area contributed by atoms with Crippen LogP contribution in [0, 0.1) is 0 Å². The molecular weight excluding hydrogens is 364 g/mol. The van der Waals surface area contributed by atoms with Gasteiger partial charge in [-0.3, -0.25) is 9.69 Å². The number of benzene rings is 2. The number of carbonyl (C=O) groups is 1. The first kappa shape index (κ1) is 19.4. The van der Waals surface area contributed by atoms with Crippen LogP contribution < -0.4 is 5.32 Å². The van der Waals surface area contributed by atoms with Crippen LogP contribution in [0.2, 0.25) is 0 Å². The summed E-state index contributed by atoms with van der Waals surface area (Å²) >= 11 is 0. The molecule has 1 aliphatic heterocycles. The highest BCUT2D eigenvalue weighted by molar-refractivity contribution is 5.87. The molecule has 0 radical (unpaired) electrons. The van der Waals surface area contributed by atoms with Gasteiger partial charge in [-0.15, -0.1) is 0 Å². The van der Waals surface area contributed by atoms with Gasteiger partial charge in [-0.1, -0.05) is 60.7 Å². The lowest BCUT2D eigenvalue weighted by Gasteiger charge is -2.33. The number of hydrogen-bond donors (Lipinski definition) is 1. The van der Waals surface area contributed by atoms with Gasteiger partial charge in [0.2, 0.25) is 5.91 Å². The van der Waals surface area contributed by atoms with E-state index in [-0.39, 0.29) is 17.9 Å². The first-order valence-electron chi connectivity index (χ1n) is 10.1. The van der Waals surface area contributed by atoms with Crippen molar-refractivity contribution in [1.29, 1.82) is 0 Å². The van der Waals surface area contributed by atoms with Crippen molar-refractivity contribution in [3.63, 3.8) is 0 Å². The topological polar surface area (TPSA) is 54.7 Å². The highest BCUT2D eigenvalue weighted by atomic mass is 16.5. The third-order valence-corrected chi connectivity index (χ3v) is 5.36. The Kier molecular flexibility index (Phi) is 6.39. The largest absolute Gasteiger partial charge is 0.468 e. The molecule has 0 unspecified atom stereocenters. The Morgan fingerprint density at radius 3 is 2.07 bits per heavy atom. The van der Waals surface area contributed by atoms with Crippen LogP contribution in [0.25, 0.3) is 0 Å². The second kappa shape index (κ2) is 9.54. The number of carbonyl (C=O) groups excluding carboxylic acids is 1. The first-order valence-corrected chi connectivity index (χ1v) is 10.1. The Labute approximate surface area is 171 Å². The monoisotopic (exact) mass is 390 g/mol. The molecule has 5 heteroatoms. The van der Waals surface area contributed by atoms with Crippen molar-refractivity contribution in [2.75, 3.05) is 32.8 Å². The number of rotatable bonds is 7. The van der Waals surface area contributed by atoms with Gasteiger partial charge in [0.05, 0.1) is 31.4 Å². The summed E-state index contributed by atoms with van der Waals surface area (Å²) in [6, 6.07) is 23.7. The summed E-state index contributed by atoms with van der Waals surface area (Å²) in [7, 11) is 0. The van der Waals surface area contributed by atoms with E-state index in [9.17, 15) is 4.79 Å². The fraction of sp³-hybridized carbons (Fsp3) is 0.292. The van der Waals surface area contributed by atoms with E-state index in [0.717, 1.165) is 30.0 Å². The normalized spacial score (nSPS) is 15.9. The second-order valence-corrected chi connectivity index (χ2v) is 7.18. The lowest BCUT2D eigenvalue weighted by molar-refractivity contribution is -0.122. The van der Waals surface area contributed by atoms with Gasteiger partial charge in [-0.2, -0.15) is 0 Å². The number of ether oxygens (including phenoxy) is 1. The number of hydrogen-bond acceptors (Lipinski definition) is 4. The molecule has 0 bridgehead atoms. The van der Waals surface area contributed by atoms with Crippen LogP contribution in [0.1, 0.15) is 28.8 Å². The average Bonchev–Trinajstić information content (AvgIpc) is 3.31. The molecule has 29 heavy (non-hydrogen) atoms. The summed E-state index contributed by atoms with van der Waals surface area (Å²) in [6.07, 6.45) is 1.68. The molecule has 3 aromatic rings. The van der Waals surface area contributed by atoms with E-state index in [4.69, 9.17) is 9.15 Å². The Bertz CT molecular complexity index is 836. The van der Waals surface area contributed by atoms with Gasteiger partial charge in [0.1, 0.15) is 5.76 Å². The van der Waals surface area contributed by atoms with Crippen LogP contribution in [-0.2, 0) is 9.53 Å². The lowest BCUT2D eigenvalue weighted by Crippen LogP contribution is -2.44. The van der Waals surface area contributed by atoms with Crippen molar-refractivity contribution in [2.24, 2.45) is 0 Å². The molecule has 1 aliphatic rings. The molecule has 1 atom stereocenters. The SMILES string of the molecule is O=C(NC[C@H](c1ccco1)N1CCOCC1)C(c1ccccc1)c1ccccc1. The van der Waals surface area contributed by atoms with E-state index in [2.05, 4.69) is 10.2 Å². The van der Waals surface area contributed by atoms with Crippen molar-refractivity contribution in [3.8, 4) is 0 Å². The van der Waals surface area contributed by atoms with E-state index in [1.54, 1.807) is 6.26 Å². The molecule has 1 aromatic heterocycles. The maximum Gasteiger partial charge on any atom is 0.232 e. The fourth-order valence-electron chi connectivity index (χ4n) is 3.87. The van der Waals surface area contributed by atoms with E-state index in [1.807, 2.05) is 72.8 Å². The molecule has 5 nitrogen and oxygen atoms in total. The van der Waals surface area contributed by atoms with Gasteiger partial charge in [-0.25, -0.2) is 0 Å². The van der Waals surface area contributed by atoms with Gasteiger partial charge in [0, 0.05) is 19.6 Å². The van der Waals surface area contributed by atoms with Crippen LogP contribution in [0.15, 0.2) is 83.5 Å². The van der Waals surface area contributed by atoms with Crippen molar-refractivity contribution < 1.29 is 13.9 Å². The van der Waals surface area contributed by atoms with Crippen LogP contribution in [0.4, 0.5) is 0 Å². The summed E-state index contributed by atoms with van der Waals surface area (Å²) in [6.45, 7) is 3.52. The predicted octanol–water partition coefficient (Wildman–Crippen LogP) is 3.60. The minimum absolute atomic E-state index is 0.00721. The Hall–Kier alpha value is -2.89. The quantitative estimate of drug-likeness (QED) is 0.670. The minimum Gasteiger partial charge on any atom is -0.468 e. The Morgan fingerprint density at radius 1 is 0.897 bits per heavy atom. The standard InChI is InChI=1S/C24H26N2O3/c27-24(23(19-8-3-1-4-9-19)20-10-5-2-6-11-20)25-18-21(22-12-7-15-29-22)26-13-16-28-17-14-26/h1-12,15,21,23H,13-14,16-18H2,(H,25,27)/t21-/m1/s1. The van der Waals surface area contributed by atoms with E-state index in [0.29, 0.717) is 19.8 Å². The van der Waals surface area contributed by atoms with E-state index >= 15 is 0 Å². The Balaban J connectivity index is 1.53. The number of nitrogens with zero attached hydrogens (tertiary/aromatic N) is 1. The van der Waals surface area contributed by atoms with E-state index in [1.165, 1.54) is 0 Å². The molecule has 150 valence electrons. The number of furan rings is 1. The van der Waals surface area contributed by atoms with Crippen LogP contribution >= 0.6 is 0 Å². The number of nitrogens with one attached hydrogen (secondary N) is 1. The summed E-state index contributed by atoms with van der Waals surface area (Å²) < 4.78 is 11.2. The lowest BCUT2D eigenvalue weighted by atomic mass is 9.90. The molecule has 2 heterocycles. The van der Waals surface area contributed by atoms with Crippen molar-refractivity contribution in [1.82, 2.24) is 10.2 Å². The molecule has 1 amide bonds. The summed E-state index contributed by atoms with van der Waals surface area (Å²) in [4.78, 5) is 15.6. The van der Waals surface area contributed by atoms with Crippen molar-refractivity contribution in [2.45, 2.75) is 12.0 Å². The highest BCUT2D eigenvalue weighted by Gasteiger charge is 2.28. The minimum atomic E-state index is -0.348. The molecule has 0 saturated carbocycles. The summed E-state index contributed by atoms with van der Waals surface area (Å²) in [5.41, 5.74) is 1.97. The van der Waals surface area contributed by atoms with E-state index < -0.39 is 0 Å². The van der Waals surface area contributed by atoms with Crippen LogP contribution in [0.3, 0.4) is 0 Å². The van der Waals surface area contributed by atoms with Gasteiger partial charge >= 0.3 is 0 Å². The van der Waals surface area contributed by atoms with Gasteiger partial charge in [-0.05, 0) is 23.3 Å². The molecule has 1 N–H and O–H groups in total. The molecular formula is C24H26N2O3. The molecule has 1 fully saturated rings. The molecule has 1 saturated heterocycles. The second-order valence-electron chi connectivity index (χ2n) is 7.18. The third kappa shape index (κ3) is 4.75. The van der Waals surface area contributed by atoms with Gasteiger partial charge in [0.25, 0.3) is 0 Å². The molecule has 0 spiro atoms. The van der Waals surface area contributed by atoms with Crippen molar-refractivity contribution in [3.05, 3.63) is 95.9 Å². The molecule has 2 aromatic carbocycles. The van der Waals surface area contributed by atoms with Crippen LogP contribution in [-0.4, -0.2) is 43.7 Å². The molecule has 4 rings (SSSR count). The van der Waals surface area contributed by atoms with Crippen LogP contribution in [0.5, 0.6) is 0 Å². The average molecular weight is 390 g/mol. The maximum absolute atomic E-state index is 13.3. The molecule has 0 aliphatic carbocycles. The number of amides is 1. The highest BCUT2D eigenvalue weighted by Crippen LogP contribution is 2.26. The number of morpholine rings is 1. The van der Waals surface area contributed by atoms with Gasteiger partial charge < -0.3 is 14.5 Å². The maximum atomic E-state index is 13.3. The third-order valence-electron chi connectivity index (χ3n) is 5.36. The zero-order valence-corrected chi connectivity index (χ0v) is 16.4. The fourth-order valence-corrected chi connectivity index (χ4v) is 3.87. The van der Waals surface area contributed by atoms with Crippen molar-refractivity contribution >= 4 is 5.91 Å². The van der Waals surface area contributed by atoms with Gasteiger partial charge in [0.15, 0.2) is 0 Å². The Morgan fingerprint density at radius 2 is 1.52 bits per heavy atom. The zero-order chi connectivity index (χ0) is 19.9. The summed E-state index contributed by atoms with van der Waals surface area (Å²) in [5, 5.41) is 3.18. The summed E-state index contributed by atoms with van der Waals surface area (Å²) in [5.74, 6) is 0.509. The zero-order valence-electron chi connectivity index (χ0n) is 16.4.